The van der Waals surface area contributed by atoms with Crippen LogP contribution in [0.3, 0.4) is 0 Å². The van der Waals surface area contributed by atoms with Crippen LogP contribution >= 0.6 is 0 Å². The largest absolute Gasteiger partial charge is 0.319 e. The van der Waals surface area contributed by atoms with E-state index in [9.17, 15) is 17.6 Å². The molecular formula is C9H9F4N. The SMILES string of the molecule is Cc1cc(F)c(C(N)C(F)F)c(F)c1. The van der Waals surface area contributed by atoms with E-state index in [2.05, 4.69) is 0 Å². The molecule has 0 bridgehead atoms. The Labute approximate surface area is 78.5 Å². The second-order valence-electron chi connectivity index (χ2n) is 3.00. The molecule has 0 aromatic heterocycles. The van der Waals surface area contributed by atoms with Crippen molar-refractivity contribution in [2.24, 2.45) is 5.73 Å². The van der Waals surface area contributed by atoms with Crippen LogP contribution in [0.5, 0.6) is 0 Å². The molecule has 0 aliphatic heterocycles. The summed E-state index contributed by atoms with van der Waals surface area (Å²) in [4.78, 5) is 0. The zero-order valence-corrected chi connectivity index (χ0v) is 7.40. The molecule has 0 amide bonds. The van der Waals surface area contributed by atoms with Gasteiger partial charge in [-0.1, -0.05) is 0 Å². The van der Waals surface area contributed by atoms with Gasteiger partial charge in [0.15, 0.2) is 0 Å². The smallest absolute Gasteiger partial charge is 0.257 e. The molecule has 0 saturated carbocycles. The molecule has 0 aliphatic carbocycles. The van der Waals surface area contributed by atoms with E-state index in [-0.39, 0.29) is 0 Å². The van der Waals surface area contributed by atoms with Gasteiger partial charge in [0.1, 0.15) is 11.6 Å². The molecule has 14 heavy (non-hydrogen) atoms. The van der Waals surface area contributed by atoms with Crippen LogP contribution in [0.1, 0.15) is 17.2 Å². The number of halogens is 4. The van der Waals surface area contributed by atoms with Crippen LogP contribution in [0.4, 0.5) is 17.6 Å². The van der Waals surface area contributed by atoms with Crippen LogP contribution in [-0.2, 0) is 0 Å². The average Bonchev–Trinajstić information content (AvgIpc) is 2.01. The first-order valence-corrected chi connectivity index (χ1v) is 3.92. The summed E-state index contributed by atoms with van der Waals surface area (Å²) in [5, 5.41) is 0. The number of benzene rings is 1. The molecule has 1 aromatic carbocycles. The molecule has 0 saturated heterocycles. The predicted molar refractivity (Wildman–Crippen MR) is 44.0 cm³/mol. The Hall–Kier alpha value is -1.10. The number of alkyl halides is 2. The quantitative estimate of drug-likeness (QED) is 0.741. The van der Waals surface area contributed by atoms with Crippen molar-refractivity contribution in [1.29, 1.82) is 0 Å². The second kappa shape index (κ2) is 3.96. The van der Waals surface area contributed by atoms with E-state index < -0.39 is 29.7 Å². The van der Waals surface area contributed by atoms with Crippen molar-refractivity contribution in [2.75, 3.05) is 0 Å². The van der Waals surface area contributed by atoms with Gasteiger partial charge in [-0.05, 0) is 24.6 Å². The van der Waals surface area contributed by atoms with Crippen LogP contribution in [0, 0.1) is 18.6 Å². The lowest BCUT2D eigenvalue weighted by atomic mass is 10.0. The van der Waals surface area contributed by atoms with Gasteiger partial charge in [-0.2, -0.15) is 0 Å². The molecule has 1 rings (SSSR count). The highest BCUT2D eigenvalue weighted by molar-refractivity contribution is 5.28. The third kappa shape index (κ3) is 2.04. The van der Waals surface area contributed by atoms with Crippen LogP contribution in [-0.4, -0.2) is 6.43 Å². The Kier molecular flexibility index (Phi) is 3.10. The molecule has 5 heteroatoms. The molecule has 0 spiro atoms. The van der Waals surface area contributed by atoms with Crippen molar-refractivity contribution in [2.45, 2.75) is 19.4 Å². The van der Waals surface area contributed by atoms with E-state index in [1.165, 1.54) is 6.92 Å². The molecule has 0 aliphatic rings. The Morgan fingerprint density at radius 3 is 1.93 bits per heavy atom. The summed E-state index contributed by atoms with van der Waals surface area (Å²) in [5.74, 6) is -2.06. The Morgan fingerprint density at radius 2 is 1.57 bits per heavy atom. The monoisotopic (exact) mass is 207 g/mol. The summed E-state index contributed by atoms with van der Waals surface area (Å²) < 4.78 is 50.4. The van der Waals surface area contributed by atoms with E-state index >= 15 is 0 Å². The number of nitrogens with two attached hydrogens (primary N) is 1. The van der Waals surface area contributed by atoms with Crippen LogP contribution < -0.4 is 5.73 Å². The maximum Gasteiger partial charge on any atom is 0.257 e. The first-order chi connectivity index (χ1) is 6.43. The van der Waals surface area contributed by atoms with Gasteiger partial charge in [0.05, 0.1) is 6.04 Å². The Morgan fingerprint density at radius 1 is 1.14 bits per heavy atom. The summed E-state index contributed by atoms with van der Waals surface area (Å²) in [7, 11) is 0. The molecule has 0 fully saturated rings. The van der Waals surface area contributed by atoms with Gasteiger partial charge in [0.2, 0.25) is 0 Å². The van der Waals surface area contributed by atoms with E-state index in [4.69, 9.17) is 5.73 Å². The van der Waals surface area contributed by atoms with Crippen LogP contribution in [0.2, 0.25) is 0 Å². The number of hydrogen-bond donors (Lipinski definition) is 1. The molecule has 0 radical (unpaired) electrons. The predicted octanol–water partition coefficient (Wildman–Crippen LogP) is 2.54. The third-order valence-corrected chi connectivity index (χ3v) is 1.83. The first kappa shape index (κ1) is 11.0. The minimum absolute atomic E-state index is 0.324. The summed E-state index contributed by atoms with van der Waals surface area (Å²) >= 11 is 0. The summed E-state index contributed by atoms with van der Waals surface area (Å²) in [6, 6.07) is 0.0250. The summed E-state index contributed by atoms with van der Waals surface area (Å²) in [5.41, 5.74) is 4.53. The van der Waals surface area contributed by atoms with E-state index in [1.54, 1.807) is 0 Å². The zero-order valence-electron chi connectivity index (χ0n) is 7.40. The fourth-order valence-electron chi connectivity index (χ4n) is 1.16. The van der Waals surface area contributed by atoms with Gasteiger partial charge < -0.3 is 5.73 Å². The Balaban J connectivity index is 3.20. The number of rotatable bonds is 2. The maximum absolute atomic E-state index is 13.1. The van der Waals surface area contributed by atoms with Crippen molar-refractivity contribution < 1.29 is 17.6 Å². The lowest BCUT2D eigenvalue weighted by Gasteiger charge is -2.13. The van der Waals surface area contributed by atoms with Gasteiger partial charge >= 0.3 is 0 Å². The average molecular weight is 207 g/mol. The highest BCUT2D eigenvalue weighted by Gasteiger charge is 2.24. The molecule has 1 nitrogen and oxygen atoms in total. The fourth-order valence-corrected chi connectivity index (χ4v) is 1.16. The van der Waals surface area contributed by atoms with Gasteiger partial charge in [-0.25, -0.2) is 17.6 Å². The van der Waals surface area contributed by atoms with Crippen LogP contribution in [0.25, 0.3) is 0 Å². The zero-order chi connectivity index (χ0) is 10.9. The summed E-state index contributed by atoms with van der Waals surface area (Å²) in [6.45, 7) is 1.46. The first-order valence-electron chi connectivity index (χ1n) is 3.92. The van der Waals surface area contributed by atoms with Gasteiger partial charge in [0.25, 0.3) is 6.43 Å². The molecular weight excluding hydrogens is 198 g/mol. The number of hydrogen-bond acceptors (Lipinski definition) is 1. The molecule has 2 N–H and O–H groups in total. The van der Waals surface area contributed by atoms with Crippen molar-refractivity contribution in [3.05, 3.63) is 34.9 Å². The minimum Gasteiger partial charge on any atom is -0.319 e. The molecule has 1 atom stereocenters. The third-order valence-electron chi connectivity index (χ3n) is 1.83. The van der Waals surface area contributed by atoms with Crippen molar-refractivity contribution >= 4 is 0 Å². The molecule has 1 aromatic rings. The van der Waals surface area contributed by atoms with E-state index in [0.717, 1.165) is 12.1 Å². The van der Waals surface area contributed by atoms with E-state index in [1.807, 2.05) is 0 Å². The van der Waals surface area contributed by atoms with E-state index in [0.29, 0.717) is 5.56 Å². The standard InChI is InChI=1S/C9H9F4N/c1-4-2-5(10)7(6(11)3-4)8(14)9(12)13/h2-3,8-9H,14H2,1H3. The van der Waals surface area contributed by atoms with Gasteiger partial charge in [-0.3, -0.25) is 0 Å². The molecule has 1 unspecified atom stereocenters. The lowest BCUT2D eigenvalue weighted by molar-refractivity contribution is 0.113. The van der Waals surface area contributed by atoms with Crippen molar-refractivity contribution in [3.8, 4) is 0 Å². The maximum atomic E-state index is 13.1. The van der Waals surface area contributed by atoms with Gasteiger partial charge in [0, 0.05) is 5.56 Å². The highest BCUT2D eigenvalue weighted by Crippen LogP contribution is 2.24. The second-order valence-corrected chi connectivity index (χ2v) is 3.00. The Bertz CT molecular complexity index is 315. The van der Waals surface area contributed by atoms with Crippen molar-refractivity contribution in [1.82, 2.24) is 0 Å². The molecule has 78 valence electrons. The number of aryl methyl sites for hydroxylation is 1. The molecule has 0 heterocycles. The van der Waals surface area contributed by atoms with Crippen molar-refractivity contribution in [3.63, 3.8) is 0 Å². The normalized spacial score (nSPS) is 13.4. The summed E-state index contributed by atoms with van der Waals surface area (Å²) in [6.07, 6.45) is -2.98. The highest BCUT2D eigenvalue weighted by atomic mass is 19.3. The minimum atomic E-state index is -2.98. The van der Waals surface area contributed by atoms with Crippen LogP contribution in [0.15, 0.2) is 12.1 Å². The topological polar surface area (TPSA) is 26.0 Å². The fraction of sp³-hybridized carbons (Fsp3) is 0.333. The lowest BCUT2D eigenvalue weighted by Crippen LogP contribution is -2.21. The van der Waals surface area contributed by atoms with Gasteiger partial charge in [-0.15, -0.1) is 0 Å².